The number of halogens is 1. The van der Waals surface area contributed by atoms with Crippen LogP contribution in [0.15, 0.2) is 23.1 Å². The molecule has 1 heterocycles. The van der Waals surface area contributed by atoms with Crippen LogP contribution in [0.3, 0.4) is 0 Å². The minimum Gasteiger partial charge on any atom is -0.370 e. The van der Waals surface area contributed by atoms with Crippen molar-refractivity contribution in [3.05, 3.63) is 29.6 Å². The summed E-state index contributed by atoms with van der Waals surface area (Å²) in [6, 6.07) is 3.53. The average Bonchev–Trinajstić information content (AvgIpc) is 2.36. The van der Waals surface area contributed by atoms with E-state index in [-0.39, 0.29) is 29.0 Å². The van der Waals surface area contributed by atoms with Crippen LogP contribution in [0, 0.1) is 5.82 Å². The zero-order valence-electron chi connectivity index (χ0n) is 10.9. The smallest absolute Gasteiger partial charge is 0.217 e. The number of hydrogen-bond acceptors (Lipinski definition) is 4. The number of fused-ring (bicyclic) bond motifs is 1. The van der Waals surface area contributed by atoms with Crippen molar-refractivity contribution in [2.24, 2.45) is 5.73 Å². The van der Waals surface area contributed by atoms with Gasteiger partial charge in [0, 0.05) is 12.5 Å². The fraction of sp³-hybridized carbons (Fsp3) is 0.462. The third-order valence-corrected chi connectivity index (χ3v) is 5.16. The van der Waals surface area contributed by atoms with Crippen molar-refractivity contribution in [3.8, 4) is 0 Å². The first kappa shape index (κ1) is 14.9. The van der Waals surface area contributed by atoms with Crippen LogP contribution >= 0.6 is 0 Å². The Bertz CT molecular complexity index is 616. The van der Waals surface area contributed by atoms with E-state index in [4.69, 9.17) is 5.73 Å². The number of hydrogen-bond donors (Lipinski definition) is 2. The molecule has 2 rings (SSSR count). The zero-order valence-corrected chi connectivity index (χ0v) is 11.7. The quantitative estimate of drug-likeness (QED) is 0.624. The summed E-state index contributed by atoms with van der Waals surface area (Å²) in [6.45, 7) is 0.531. The number of carbonyl (C=O) groups is 1. The van der Waals surface area contributed by atoms with Crippen LogP contribution in [-0.4, -0.2) is 26.6 Å². The van der Waals surface area contributed by atoms with Crippen molar-refractivity contribution in [3.63, 3.8) is 0 Å². The SMILES string of the molecule is NC(=O)CCCNC1CCS(=O)(=O)c2ccc(F)cc21. The zero-order chi connectivity index (χ0) is 14.8. The van der Waals surface area contributed by atoms with E-state index in [1.165, 1.54) is 12.1 Å². The molecule has 110 valence electrons. The second-order valence-corrected chi connectivity index (χ2v) is 6.94. The third kappa shape index (κ3) is 3.34. The van der Waals surface area contributed by atoms with E-state index in [9.17, 15) is 17.6 Å². The highest BCUT2D eigenvalue weighted by molar-refractivity contribution is 7.91. The summed E-state index contributed by atoms with van der Waals surface area (Å²) in [5.41, 5.74) is 5.52. The van der Waals surface area contributed by atoms with E-state index < -0.39 is 15.7 Å². The van der Waals surface area contributed by atoms with Gasteiger partial charge in [0.15, 0.2) is 9.84 Å². The molecule has 20 heavy (non-hydrogen) atoms. The van der Waals surface area contributed by atoms with E-state index >= 15 is 0 Å². The highest BCUT2D eigenvalue weighted by Crippen LogP contribution is 2.32. The molecule has 0 saturated carbocycles. The Hall–Kier alpha value is -1.47. The molecule has 1 aliphatic rings. The highest BCUT2D eigenvalue weighted by atomic mass is 32.2. The predicted molar refractivity (Wildman–Crippen MR) is 72.2 cm³/mol. The molecule has 0 aliphatic carbocycles. The second kappa shape index (κ2) is 5.88. The molecule has 7 heteroatoms. The molecule has 3 N–H and O–H groups in total. The first-order valence-corrected chi connectivity index (χ1v) is 8.09. The minimum atomic E-state index is -3.32. The van der Waals surface area contributed by atoms with E-state index in [2.05, 4.69) is 5.32 Å². The maximum absolute atomic E-state index is 13.3. The molecule has 0 radical (unpaired) electrons. The molecule has 0 saturated heterocycles. The monoisotopic (exact) mass is 300 g/mol. The molecular weight excluding hydrogens is 283 g/mol. The third-order valence-electron chi connectivity index (χ3n) is 3.35. The summed E-state index contributed by atoms with van der Waals surface area (Å²) in [5.74, 6) is -0.784. The molecule has 0 aromatic heterocycles. The van der Waals surface area contributed by atoms with Gasteiger partial charge in [-0.15, -0.1) is 0 Å². The summed E-state index contributed by atoms with van der Waals surface area (Å²) in [5, 5.41) is 3.16. The predicted octanol–water partition coefficient (Wildman–Crippen LogP) is 0.899. The molecule has 1 unspecified atom stereocenters. The number of sulfone groups is 1. The van der Waals surface area contributed by atoms with E-state index in [0.717, 1.165) is 6.07 Å². The molecule has 1 aromatic carbocycles. The first-order chi connectivity index (χ1) is 9.40. The van der Waals surface area contributed by atoms with E-state index in [1.54, 1.807) is 0 Å². The molecular formula is C13H17FN2O3S. The van der Waals surface area contributed by atoms with Crippen molar-refractivity contribution < 1.29 is 17.6 Å². The van der Waals surface area contributed by atoms with Crippen LogP contribution in [0.1, 0.15) is 30.9 Å². The Morgan fingerprint density at radius 1 is 1.45 bits per heavy atom. The lowest BCUT2D eigenvalue weighted by Gasteiger charge is -2.26. The molecule has 1 amide bonds. The van der Waals surface area contributed by atoms with Gasteiger partial charge in [-0.05, 0) is 43.1 Å². The van der Waals surface area contributed by atoms with Gasteiger partial charge >= 0.3 is 0 Å². The number of nitrogens with one attached hydrogen (secondary N) is 1. The van der Waals surface area contributed by atoms with E-state index in [0.29, 0.717) is 24.9 Å². The second-order valence-electron chi connectivity index (χ2n) is 4.87. The Kier molecular flexibility index (Phi) is 4.39. The van der Waals surface area contributed by atoms with Crippen LogP contribution in [0.25, 0.3) is 0 Å². The Labute approximate surface area is 117 Å². The van der Waals surface area contributed by atoms with Crippen LogP contribution < -0.4 is 11.1 Å². The average molecular weight is 300 g/mol. The summed E-state index contributed by atoms with van der Waals surface area (Å²) in [4.78, 5) is 10.8. The molecule has 1 aromatic rings. The summed E-state index contributed by atoms with van der Waals surface area (Å²) in [6.07, 6.45) is 1.24. The maximum atomic E-state index is 13.3. The lowest BCUT2D eigenvalue weighted by Crippen LogP contribution is -2.31. The topological polar surface area (TPSA) is 89.3 Å². The van der Waals surface area contributed by atoms with E-state index in [1.807, 2.05) is 0 Å². The summed E-state index contributed by atoms with van der Waals surface area (Å²) in [7, 11) is -3.32. The van der Waals surface area contributed by atoms with Crippen molar-refractivity contribution >= 4 is 15.7 Å². The number of amides is 1. The summed E-state index contributed by atoms with van der Waals surface area (Å²) >= 11 is 0. The van der Waals surface area contributed by atoms with Gasteiger partial charge < -0.3 is 11.1 Å². The number of benzene rings is 1. The summed E-state index contributed by atoms with van der Waals surface area (Å²) < 4.78 is 37.2. The van der Waals surface area contributed by atoms with Crippen LogP contribution in [0.5, 0.6) is 0 Å². The van der Waals surface area contributed by atoms with Gasteiger partial charge in [-0.25, -0.2) is 12.8 Å². The van der Waals surface area contributed by atoms with Gasteiger partial charge in [0.05, 0.1) is 10.6 Å². The van der Waals surface area contributed by atoms with Gasteiger partial charge in [-0.3, -0.25) is 4.79 Å². The van der Waals surface area contributed by atoms with Crippen LogP contribution in [0.4, 0.5) is 4.39 Å². The Morgan fingerprint density at radius 2 is 2.20 bits per heavy atom. The number of primary amides is 1. The lowest BCUT2D eigenvalue weighted by atomic mass is 10.0. The Balaban J connectivity index is 2.13. The lowest BCUT2D eigenvalue weighted by molar-refractivity contribution is -0.118. The largest absolute Gasteiger partial charge is 0.370 e. The number of rotatable bonds is 5. The van der Waals surface area contributed by atoms with Crippen LogP contribution in [-0.2, 0) is 14.6 Å². The normalized spacial score (nSPS) is 20.4. The highest BCUT2D eigenvalue weighted by Gasteiger charge is 2.30. The standard InChI is InChI=1S/C13H17FN2O3S/c14-9-3-4-12-10(8-9)11(5-7-20(12,18)19)16-6-1-2-13(15)17/h3-4,8,11,16H,1-2,5-7H2,(H2,15,17). The van der Waals surface area contributed by atoms with Crippen molar-refractivity contribution in [2.75, 3.05) is 12.3 Å². The fourth-order valence-corrected chi connectivity index (χ4v) is 3.97. The fourth-order valence-electron chi connectivity index (χ4n) is 2.36. The first-order valence-electron chi connectivity index (χ1n) is 6.44. The molecule has 0 bridgehead atoms. The molecule has 0 spiro atoms. The maximum Gasteiger partial charge on any atom is 0.217 e. The van der Waals surface area contributed by atoms with Gasteiger partial charge in [0.1, 0.15) is 5.82 Å². The van der Waals surface area contributed by atoms with Gasteiger partial charge in [-0.1, -0.05) is 0 Å². The number of nitrogens with two attached hydrogens (primary N) is 1. The minimum absolute atomic E-state index is 0.0408. The van der Waals surface area contributed by atoms with Crippen molar-refractivity contribution in [1.29, 1.82) is 0 Å². The molecule has 5 nitrogen and oxygen atoms in total. The van der Waals surface area contributed by atoms with Crippen molar-refractivity contribution in [1.82, 2.24) is 5.32 Å². The van der Waals surface area contributed by atoms with Gasteiger partial charge in [-0.2, -0.15) is 0 Å². The van der Waals surface area contributed by atoms with Gasteiger partial charge in [0.25, 0.3) is 0 Å². The molecule has 0 fully saturated rings. The van der Waals surface area contributed by atoms with Crippen molar-refractivity contribution in [2.45, 2.75) is 30.2 Å². The molecule has 1 aliphatic heterocycles. The number of carbonyl (C=O) groups excluding carboxylic acids is 1. The Morgan fingerprint density at radius 3 is 2.90 bits per heavy atom. The van der Waals surface area contributed by atoms with Crippen LogP contribution in [0.2, 0.25) is 0 Å². The van der Waals surface area contributed by atoms with Gasteiger partial charge in [0.2, 0.25) is 5.91 Å². The molecule has 1 atom stereocenters.